The Labute approximate surface area is 167 Å². The van der Waals surface area contributed by atoms with Crippen LogP contribution in [-0.4, -0.2) is 23.8 Å². The van der Waals surface area contributed by atoms with Gasteiger partial charge in [-0.25, -0.2) is 0 Å². The Morgan fingerprint density at radius 2 is 1.64 bits per heavy atom. The van der Waals surface area contributed by atoms with Gasteiger partial charge in [-0.15, -0.1) is 0 Å². The number of ether oxygens (including phenoxy) is 1. The number of carbonyl (C=O) groups is 2. The third kappa shape index (κ3) is 4.66. The molecule has 0 aliphatic carbocycles. The number of anilines is 3. The number of nitrogens with one attached hydrogen (secondary N) is 2. The van der Waals surface area contributed by atoms with E-state index in [-0.39, 0.29) is 11.7 Å². The minimum absolute atomic E-state index is 0.00511. The number of halogens is 1. The highest BCUT2D eigenvalue weighted by atomic mass is 35.5. The molecule has 2 N–H and O–H groups in total. The summed E-state index contributed by atoms with van der Waals surface area (Å²) in [5.74, 6) is 0.221. The van der Waals surface area contributed by atoms with Gasteiger partial charge in [0.2, 0.25) is 0 Å². The number of amides is 1. The number of hydrogen-bond acceptors (Lipinski definition) is 5. The number of Topliss-reactive ketones (excluding diaryl/α,β-unsaturated/α-hetero) is 1. The molecule has 0 radical (unpaired) electrons. The van der Waals surface area contributed by atoms with E-state index in [0.717, 1.165) is 5.69 Å². The summed E-state index contributed by atoms with van der Waals surface area (Å²) in [6.45, 7) is 1.52. The van der Waals surface area contributed by atoms with Crippen molar-refractivity contribution in [2.45, 2.75) is 6.92 Å². The van der Waals surface area contributed by atoms with Crippen molar-refractivity contribution in [2.24, 2.45) is 0 Å². The molecule has 0 spiro atoms. The average molecular weight is 396 g/mol. The van der Waals surface area contributed by atoms with Crippen molar-refractivity contribution in [1.82, 2.24) is 4.98 Å². The van der Waals surface area contributed by atoms with Crippen molar-refractivity contribution in [3.63, 3.8) is 0 Å². The van der Waals surface area contributed by atoms with Gasteiger partial charge in [0.15, 0.2) is 5.78 Å². The number of carbonyl (C=O) groups excluding carboxylic acids is 2. The van der Waals surface area contributed by atoms with Crippen LogP contribution in [0.3, 0.4) is 0 Å². The van der Waals surface area contributed by atoms with Gasteiger partial charge in [-0.05, 0) is 55.5 Å². The summed E-state index contributed by atoms with van der Waals surface area (Å²) in [5, 5.41) is 6.34. The molecule has 0 atom stereocenters. The Morgan fingerprint density at radius 1 is 0.929 bits per heavy atom. The highest BCUT2D eigenvalue weighted by Gasteiger charge is 2.10. The van der Waals surface area contributed by atoms with E-state index < -0.39 is 0 Å². The molecule has 1 heterocycles. The van der Waals surface area contributed by atoms with Crippen LogP contribution < -0.4 is 15.4 Å². The lowest BCUT2D eigenvalue weighted by atomic mass is 10.1. The quantitative estimate of drug-likeness (QED) is 0.577. The van der Waals surface area contributed by atoms with Gasteiger partial charge in [-0.3, -0.25) is 14.6 Å². The third-order valence-electron chi connectivity index (χ3n) is 3.99. The zero-order valence-electron chi connectivity index (χ0n) is 15.3. The molecule has 1 aromatic heterocycles. The average Bonchev–Trinajstić information content (AvgIpc) is 2.69. The van der Waals surface area contributed by atoms with Gasteiger partial charge in [0.1, 0.15) is 5.75 Å². The van der Waals surface area contributed by atoms with Crippen LogP contribution in [-0.2, 0) is 0 Å². The number of hydrogen-bond donors (Lipinski definition) is 2. The zero-order chi connectivity index (χ0) is 20.1. The van der Waals surface area contributed by atoms with Crippen LogP contribution in [0.2, 0.25) is 5.02 Å². The maximum Gasteiger partial charge on any atom is 0.257 e. The minimum Gasteiger partial charge on any atom is -0.495 e. The topological polar surface area (TPSA) is 80.3 Å². The third-order valence-corrected chi connectivity index (χ3v) is 4.29. The Balaban J connectivity index is 1.72. The van der Waals surface area contributed by atoms with Crippen molar-refractivity contribution in [3.05, 3.63) is 77.1 Å². The molecule has 28 heavy (non-hydrogen) atoms. The second-order valence-electron chi connectivity index (χ2n) is 6.02. The van der Waals surface area contributed by atoms with Crippen LogP contribution in [0, 0.1) is 0 Å². The summed E-state index contributed by atoms with van der Waals surface area (Å²) in [6, 6.07) is 13.8. The molecular formula is C21H18ClN3O3. The first-order chi connectivity index (χ1) is 13.5. The van der Waals surface area contributed by atoms with Crippen LogP contribution in [0.15, 0.2) is 60.9 Å². The van der Waals surface area contributed by atoms with Gasteiger partial charge in [0.25, 0.3) is 5.91 Å². The van der Waals surface area contributed by atoms with E-state index in [9.17, 15) is 9.59 Å². The van der Waals surface area contributed by atoms with Gasteiger partial charge in [-0.2, -0.15) is 0 Å². The van der Waals surface area contributed by atoms with E-state index >= 15 is 0 Å². The standard InChI is InChI=1S/C21H18ClN3O3/c1-13(26)14-3-5-16(6-4-14)24-18-9-15(11-23-12-18)21(27)25-17-7-8-20(28-2)19(22)10-17/h3-12,24H,1-2H3,(H,25,27). The number of rotatable bonds is 6. The molecule has 0 unspecified atom stereocenters. The first-order valence-electron chi connectivity index (χ1n) is 8.44. The molecule has 0 fully saturated rings. The van der Waals surface area contributed by atoms with Gasteiger partial charge < -0.3 is 15.4 Å². The van der Waals surface area contributed by atoms with Crippen molar-refractivity contribution >= 4 is 40.4 Å². The van der Waals surface area contributed by atoms with Crippen molar-refractivity contribution in [3.8, 4) is 5.75 Å². The number of pyridine rings is 1. The van der Waals surface area contributed by atoms with Gasteiger partial charge in [-0.1, -0.05) is 11.6 Å². The molecule has 0 saturated heterocycles. The molecule has 142 valence electrons. The largest absolute Gasteiger partial charge is 0.495 e. The van der Waals surface area contributed by atoms with Crippen molar-refractivity contribution in [1.29, 1.82) is 0 Å². The maximum absolute atomic E-state index is 12.5. The Morgan fingerprint density at radius 3 is 2.29 bits per heavy atom. The normalized spacial score (nSPS) is 10.2. The van der Waals surface area contributed by atoms with Crippen LogP contribution in [0.4, 0.5) is 17.1 Å². The Kier molecular flexibility index (Phi) is 5.91. The van der Waals surface area contributed by atoms with Crippen LogP contribution in [0.1, 0.15) is 27.6 Å². The molecule has 2 aromatic carbocycles. The smallest absolute Gasteiger partial charge is 0.257 e. The molecule has 0 aliphatic rings. The summed E-state index contributed by atoms with van der Waals surface area (Å²) < 4.78 is 5.10. The lowest BCUT2D eigenvalue weighted by molar-refractivity contribution is 0.101. The molecule has 3 aromatic rings. The van der Waals surface area contributed by atoms with Crippen LogP contribution in [0.5, 0.6) is 5.75 Å². The van der Waals surface area contributed by atoms with Gasteiger partial charge in [0.05, 0.1) is 29.6 Å². The molecule has 0 bridgehead atoms. The Bertz CT molecular complexity index is 1020. The lowest BCUT2D eigenvalue weighted by Crippen LogP contribution is -2.12. The first kappa shape index (κ1) is 19.4. The second-order valence-corrected chi connectivity index (χ2v) is 6.43. The molecule has 1 amide bonds. The number of methoxy groups -OCH3 is 1. The van der Waals surface area contributed by atoms with E-state index in [2.05, 4.69) is 15.6 Å². The van der Waals surface area contributed by atoms with E-state index in [1.54, 1.807) is 54.7 Å². The Hall–Kier alpha value is -3.38. The summed E-state index contributed by atoms with van der Waals surface area (Å²) in [5.41, 5.74) is 3.00. The van der Waals surface area contributed by atoms with Crippen LogP contribution >= 0.6 is 11.6 Å². The van der Waals surface area contributed by atoms with E-state index in [4.69, 9.17) is 16.3 Å². The maximum atomic E-state index is 12.5. The summed E-state index contributed by atoms with van der Waals surface area (Å²) in [4.78, 5) is 28.0. The number of ketones is 1. The highest BCUT2D eigenvalue weighted by Crippen LogP contribution is 2.27. The molecule has 0 aliphatic heterocycles. The molecule has 3 rings (SSSR count). The summed E-state index contributed by atoms with van der Waals surface area (Å²) in [7, 11) is 1.53. The fourth-order valence-corrected chi connectivity index (χ4v) is 2.79. The van der Waals surface area contributed by atoms with Gasteiger partial charge in [0, 0.05) is 23.1 Å². The fourth-order valence-electron chi connectivity index (χ4n) is 2.53. The minimum atomic E-state index is -0.315. The zero-order valence-corrected chi connectivity index (χ0v) is 16.1. The highest BCUT2D eigenvalue weighted by molar-refractivity contribution is 6.32. The molecule has 6 nitrogen and oxygen atoms in total. The summed E-state index contributed by atoms with van der Waals surface area (Å²) in [6.07, 6.45) is 3.09. The number of aromatic nitrogens is 1. The van der Waals surface area contributed by atoms with Crippen molar-refractivity contribution in [2.75, 3.05) is 17.7 Å². The molecule has 7 heteroatoms. The first-order valence-corrected chi connectivity index (χ1v) is 8.82. The van der Waals surface area contributed by atoms with Crippen LogP contribution in [0.25, 0.3) is 0 Å². The predicted octanol–water partition coefficient (Wildman–Crippen LogP) is 4.94. The molecular weight excluding hydrogens is 378 g/mol. The van der Waals surface area contributed by atoms with E-state index in [1.165, 1.54) is 20.2 Å². The lowest BCUT2D eigenvalue weighted by Gasteiger charge is -2.10. The predicted molar refractivity (Wildman–Crippen MR) is 110 cm³/mol. The van der Waals surface area contributed by atoms with E-state index in [0.29, 0.717) is 33.3 Å². The monoisotopic (exact) mass is 395 g/mol. The number of benzene rings is 2. The van der Waals surface area contributed by atoms with E-state index in [1.807, 2.05) is 0 Å². The fraction of sp³-hybridized carbons (Fsp3) is 0.0952. The SMILES string of the molecule is COc1ccc(NC(=O)c2cncc(Nc3ccc(C(C)=O)cc3)c2)cc1Cl. The van der Waals surface area contributed by atoms with Crippen molar-refractivity contribution < 1.29 is 14.3 Å². The molecule has 0 saturated carbocycles. The summed E-state index contributed by atoms with van der Waals surface area (Å²) >= 11 is 6.09. The number of nitrogens with zero attached hydrogens (tertiary/aromatic N) is 1. The second kappa shape index (κ2) is 8.54. The van der Waals surface area contributed by atoms with Gasteiger partial charge >= 0.3 is 0 Å².